The van der Waals surface area contributed by atoms with Gasteiger partial charge in [0, 0.05) is 11.6 Å². The fourth-order valence-corrected chi connectivity index (χ4v) is 2.75. The number of benzene rings is 2. The molecule has 2 aromatic carbocycles. The second-order valence-corrected chi connectivity index (χ2v) is 5.67. The molecule has 1 heterocycles. The second kappa shape index (κ2) is 5.83. The first-order chi connectivity index (χ1) is 11.0. The van der Waals surface area contributed by atoms with Gasteiger partial charge in [0.05, 0.1) is 19.6 Å². The Kier molecular flexibility index (Phi) is 3.86. The van der Waals surface area contributed by atoms with Gasteiger partial charge in [-0.1, -0.05) is 12.1 Å². The molecule has 0 aliphatic carbocycles. The van der Waals surface area contributed by atoms with Gasteiger partial charge in [-0.15, -0.1) is 0 Å². The maximum atomic E-state index is 12.7. The molecule has 5 heteroatoms. The minimum atomic E-state index is -0.370. The van der Waals surface area contributed by atoms with Gasteiger partial charge in [0.15, 0.2) is 5.78 Å². The summed E-state index contributed by atoms with van der Waals surface area (Å²) in [4.78, 5) is 12.7. The molecule has 0 saturated carbocycles. The Balaban J connectivity index is 1.87. The van der Waals surface area contributed by atoms with E-state index in [2.05, 4.69) is 0 Å². The highest BCUT2D eigenvalue weighted by Gasteiger charge is 2.33. The molecule has 0 radical (unpaired) electrons. The first-order valence-corrected chi connectivity index (χ1v) is 7.36. The fourth-order valence-electron chi connectivity index (χ4n) is 2.75. The van der Waals surface area contributed by atoms with Crippen molar-refractivity contribution in [2.24, 2.45) is 5.92 Å². The SMILES string of the molecule is COc1ccc(C[C@H]2COc3cc(O)c(C)c(O)c3C2=O)cc1. The van der Waals surface area contributed by atoms with Gasteiger partial charge < -0.3 is 19.7 Å². The molecule has 120 valence electrons. The third-order valence-electron chi connectivity index (χ3n) is 4.19. The van der Waals surface area contributed by atoms with Crippen molar-refractivity contribution in [3.8, 4) is 23.0 Å². The van der Waals surface area contributed by atoms with Crippen LogP contribution in [0.25, 0.3) is 0 Å². The van der Waals surface area contributed by atoms with Crippen LogP contribution in [0.5, 0.6) is 23.0 Å². The minimum Gasteiger partial charge on any atom is -0.507 e. The van der Waals surface area contributed by atoms with Crippen molar-refractivity contribution in [1.29, 1.82) is 0 Å². The first-order valence-electron chi connectivity index (χ1n) is 7.36. The van der Waals surface area contributed by atoms with E-state index in [1.54, 1.807) is 14.0 Å². The van der Waals surface area contributed by atoms with E-state index in [-0.39, 0.29) is 46.7 Å². The van der Waals surface area contributed by atoms with Crippen molar-refractivity contribution >= 4 is 5.78 Å². The van der Waals surface area contributed by atoms with Crippen LogP contribution in [-0.2, 0) is 6.42 Å². The Morgan fingerprint density at radius 2 is 1.96 bits per heavy atom. The second-order valence-electron chi connectivity index (χ2n) is 5.67. The summed E-state index contributed by atoms with van der Waals surface area (Å²) in [5.74, 6) is 0.177. The Labute approximate surface area is 134 Å². The number of carbonyl (C=O) groups excluding carboxylic acids is 1. The summed E-state index contributed by atoms with van der Waals surface area (Å²) >= 11 is 0. The van der Waals surface area contributed by atoms with E-state index in [0.29, 0.717) is 6.42 Å². The van der Waals surface area contributed by atoms with Gasteiger partial charge in [0.1, 0.15) is 28.6 Å². The van der Waals surface area contributed by atoms with E-state index < -0.39 is 0 Å². The third-order valence-corrected chi connectivity index (χ3v) is 4.19. The molecule has 1 aliphatic heterocycles. The summed E-state index contributed by atoms with van der Waals surface area (Å²) in [7, 11) is 1.60. The Morgan fingerprint density at radius 3 is 2.61 bits per heavy atom. The molecule has 0 bridgehead atoms. The molecule has 0 saturated heterocycles. The van der Waals surface area contributed by atoms with E-state index in [1.165, 1.54) is 6.07 Å². The molecule has 23 heavy (non-hydrogen) atoms. The Hall–Kier alpha value is -2.69. The number of phenols is 2. The number of rotatable bonds is 3. The van der Waals surface area contributed by atoms with Gasteiger partial charge in [0.25, 0.3) is 0 Å². The van der Waals surface area contributed by atoms with Gasteiger partial charge in [-0.2, -0.15) is 0 Å². The molecule has 1 atom stereocenters. The molecule has 0 aromatic heterocycles. The molecule has 0 fully saturated rings. The van der Waals surface area contributed by atoms with Crippen LogP contribution in [-0.4, -0.2) is 29.7 Å². The number of Topliss-reactive ketones (excluding diaryl/α,β-unsaturated/α-hetero) is 1. The number of ketones is 1. The highest BCUT2D eigenvalue weighted by atomic mass is 16.5. The number of carbonyl (C=O) groups is 1. The largest absolute Gasteiger partial charge is 0.507 e. The van der Waals surface area contributed by atoms with Gasteiger partial charge in [-0.25, -0.2) is 0 Å². The third kappa shape index (κ3) is 2.70. The number of hydrogen-bond donors (Lipinski definition) is 2. The maximum absolute atomic E-state index is 12.7. The van der Waals surface area contributed by atoms with Crippen LogP contribution < -0.4 is 9.47 Å². The number of methoxy groups -OCH3 is 1. The number of ether oxygens (including phenoxy) is 2. The lowest BCUT2D eigenvalue weighted by atomic mass is 9.88. The van der Waals surface area contributed by atoms with Crippen LogP contribution in [0, 0.1) is 12.8 Å². The summed E-state index contributed by atoms with van der Waals surface area (Å²) in [6, 6.07) is 8.88. The standard InChI is InChI=1S/C18H18O5/c1-10-14(19)8-15-16(17(10)20)18(21)12(9-23-15)7-11-3-5-13(22-2)6-4-11/h3-6,8,12,19-20H,7,9H2,1-2H3/t12-/m0/s1. The summed E-state index contributed by atoms with van der Waals surface area (Å²) < 4.78 is 10.7. The number of phenolic OH excluding ortho intramolecular Hbond substituents is 2. The zero-order valence-electron chi connectivity index (χ0n) is 13.0. The van der Waals surface area contributed by atoms with Crippen LogP contribution >= 0.6 is 0 Å². The van der Waals surface area contributed by atoms with Crippen molar-refractivity contribution in [3.63, 3.8) is 0 Å². The average Bonchev–Trinajstić information content (AvgIpc) is 2.56. The highest BCUT2D eigenvalue weighted by molar-refractivity contribution is 6.04. The highest BCUT2D eigenvalue weighted by Crippen LogP contribution is 2.41. The van der Waals surface area contributed by atoms with E-state index in [9.17, 15) is 15.0 Å². The normalized spacial score (nSPS) is 16.6. The first kappa shape index (κ1) is 15.2. The van der Waals surface area contributed by atoms with Crippen LogP contribution in [0.4, 0.5) is 0 Å². The molecule has 2 aromatic rings. The average molecular weight is 314 g/mol. The molecule has 0 spiro atoms. The van der Waals surface area contributed by atoms with Gasteiger partial charge >= 0.3 is 0 Å². The van der Waals surface area contributed by atoms with Crippen LogP contribution in [0.3, 0.4) is 0 Å². The molecule has 5 nitrogen and oxygen atoms in total. The zero-order valence-corrected chi connectivity index (χ0v) is 13.0. The van der Waals surface area contributed by atoms with E-state index in [4.69, 9.17) is 9.47 Å². The lowest BCUT2D eigenvalue weighted by molar-refractivity contribution is 0.0825. The zero-order chi connectivity index (χ0) is 16.6. The predicted octanol–water partition coefficient (Wildman–Crippen LogP) is 2.85. The summed E-state index contributed by atoms with van der Waals surface area (Å²) in [6.45, 7) is 1.78. The summed E-state index contributed by atoms with van der Waals surface area (Å²) in [5.41, 5.74) is 1.43. The molecular weight excluding hydrogens is 296 g/mol. The number of aromatic hydroxyl groups is 2. The van der Waals surface area contributed by atoms with E-state index in [1.807, 2.05) is 24.3 Å². The molecule has 0 unspecified atom stereocenters. The van der Waals surface area contributed by atoms with Crippen LogP contribution in [0.1, 0.15) is 21.5 Å². The fraction of sp³-hybridized carbons (Fsp3) is 0.278. The van der Waals surface area contributed by atoms with Crippen LogP contribution in [0.15, 0.2) is 30.3 Å². The van der Waals surface area contributed by atoms with Gasteiger partial charge in [-0.05, 0) is 31.0 Å². The monoisotopic (exact) mass is 314 g/mol. The van der Waals surface area contributed by atoms with Crippen molar-refractivity contribution in [1.82, 2.24) is 0 Å². The molecular formula is C18H18O5. The molecule has 2 N–H and O–H groups in total. The van der Waals surface area contributed by atoms with Crippen molar-refractivity contribution in [2.75, 3.05) is 13.7 Å². The van der Waals surface area contributed by atoms with E-state index in [0.717, 1.165) is 11.3 Å². The predicted molar refractivity (Wildman–Crippen MR) is 84.5 cm³/mol. The topological polar surface area (TPSA) is 76.0 Å². The van der Waals surface area contributed by atoms with Crippen molar-refractivity contribution in [2.45, 2.75) is 13.3 Å². The Morgan fingerprint density at radius 1 is 1.26 bits per heavy atom. The maximum Gasteiger partial charge on any atom is 0.177 e. The molecule has 0 amide bonds. The Bertz CT molecular complexity index is 749. The molecule has 3 rings (SSSR count). The quantitative estimate of drug-likeness (QED) is 0.911. The summed E-state index contributed by atoms with van der Waals surface area (Å²) in [6.07, 6.45) is 0.516. The number of hydrogen-bond acceptors (Lipinski definition) is 5. The van der Waals surface area contributed by atoms with Crippen LogP contribution in [0.2, 0.25) is 0 Å². The summed E-state index contributed by atoms with van der Waals surface area (Å²) in [5, 5.41) is 19.9. The van der Waals surface area contributed by atoms with Gasteiger partial charge in [-0.3, -0.25) is 4.79 Å². The minimum absolute atomic E-state index is 0.0809. The number of fused-ring (bicyclic) bond motifs is 1. The molecule has 1 aliphatic rings. The van der Waals surface area contributed by atoms with Gasteiger partial charge in [0.2, 0.25) is 0 Å². The van der Waals surface area contributed by atoms with Crippen molar-refractivity contribution < 1.29 is 24.5 Å². The van der Waals surface area contributed by atoms with E-state index >= 15 is 0 Å². The smallest absolute Gasteiger partial charge is 0.177 e. The van der Waals surface area contributed by atoms with Crippen molar-refractivity contribution in [3.05, 3.63) is 47.0 Å². The lowest BCUT2D eigenvalue weighted by Gasteiger charge is -2.25. The lowest BCUT2D eigenvalue weighted by Crippen LogP contribution is -2.29.